The zero-order valence-electron chi connectivity index (χ0n) is 31.0. The van der Waals surface area contributed by atoms with Crippen LogP contribution < -0.4 is 0 Å². The standard InChI is InChI=1S/C54H30N2O2/c1-2-13-32(14-3-1)54-55-44(34-22-24-42-47(29-34)57-46-27-23-31-12-4-6-16-35(31)49(42)46)30-45(56-54)51-36-17-7-5-15-33(36)28-48-52(51)43-26-25-41-39-20-9-8-18-37(39)38-19-10-11-21-40(38)50(41)53(43)58-48/h1-30H. The second-order valence-corrected chi connectivity index (χ2v) is 15.2. The second-order valence-electron chi connectivity index (χ2n) is 15.2. The molecule has 0 aliphatic rings. The monoisotopic (exact) mass is 738 g/mol. The van der Waals surface area contributed by atoms with Gasteiger partial charge in [0.1, 0.15) is 22.3 Å². The van der Waals surface area contributed by atoms with Crippen LogP contribution in [0, 0.1) is 0 Å². The Kier molecular flexibility index (Phi) is 6.41. The van der Waals surface area contributed by atoms with E-state index in [1.165, 1.54) is 37.7 Å². The van der Waals surface area contributed by atoms with Gasteiger partial charge in [-0.25, -0.2) is 9.97 Å². The Morgan fingerprint density at radius 2 is 0.931 bits per heavy atom. The first-order valence-corrected chi connectivity index (χ1v) is 19.6. The summed E-state index contributed by atoms with van der Waals surface area (Å²) >= 11 is 0. The molecule has 58 heavy (non-hydrogen) atoms. The predicted molar refractivity (Wildman–Crippen MR) is 240 cm³/mol. The van der Waals surface area contributed by atoms with E-state index in [4.69, 9.17) is 18.8 Å². The lowest BCUT2D eigenvalue weighted by Crippen LogP contribution is -1.97. The van der Waals surface area contributed by atoms with Crippen LogP contribution in [-0.2, 0) is 0 Å². The van der Waals surface area contributed by atoms with E-state index >= 15 is 0 Å². The van der Waals surface area contributed by atoms with Crippen LogP contribution in [0.5, 0.6) is 0 Å². The summed E-state index contributed by atoms with van der Waals surface area (Å²) in [5, 5.41) is 16.0. The summed E-state index contributed by atoms with van der Waals surface area (Å²) in [7, 11) is 0. The maximum absolute atomic E-state index is 7.07. The van der Waals surface area contributed by atoms with Crippen LogP contribution in [0.4, 0.5) is 0 Å². The van der Waals surface area contributed by atoms with Gasteiger partial charge in [-0.15, -0.1) is 0 Å². The third kappa shape index (κ3) is 4.45. The first kappa shape index (κ1) is 31.4. The number of benzene rings is 10. The van der Waals surface area contributed by atoms with Crippen LogP contribution in [0.3, 0.4) is 0 Å². The summed E-state index contributed by atoms with van der Waals surface area (Å²) in [6, 6.07) is 64.1. The van der Waals surface area contributed by atoms with Gasteiger partial charge in [0.15, 0.2) is 5.82 Å². The number of rotatable bonds is 3. The van der Waals surface area contributed by atoms with Crippen molar-refractivity contribution < 1.29 is 8.83 Å². The summed E-state index contributed by atoms with van der Waals surface area (Å²) in [4.78, 5) is 10.6. The fraction of sp³-hybridized carbons (Fsp3) is 0. The smallest absolute Gasteiger partial charge is 0.160 e. The number of aromatic nitrogens is 2. The summed E-state index contributed by atoms with van der Waals surface area (Å²) in [5.41, 5.74) is 7.96. The molecule has 0 spiro atoms. The predicted octanol–water partition coefficient (Wildman–Crippen LogP) is 15.0. The molecule has 4 nitrogen and oxygen atoms in total. The highest BCUT2D eigenvalue weighted by molar-refractivity contribution is 6.34. The molecule has 3 heterocycles. The Labute approximate surface area is 331 Å². The van der Waals surface area contributed by atoms with Crippen molar-refractivity contribution in [2.75, 3.05) is 0 Å². The van der Waals surface area contributed by atoms with E-state index in [1.54, 1.807) is 0 Å². The lowest BCUT2D eigenvalue weighted by Gasteiger charge is -2.13. The van der Waals surface area contributed by atoms with Gasteiger partial charge in [0.25, 0.3) is 0 Å². The lowest BCUT2D eigenvalue weighted by molar-refractivity contribution is 0.669. The Balaban J connectivity index is 1.12. The summed E-state index contributed by atoms with van der Waals surface area (Å²) in [6.45, 7) is 0. The molecule has 0 bridgehead atoms. The summed E-state index contributed by atoms with van der Waals surface area (Å²) in [5.74, 6) is 0.653. The Bertz CT molecular complexity index is 3820. The quantitative estimate of drug-likeness (QED) is 0.169. The normalized spacial score (nSPS) is 12.1. The Hall–Kier alpha value is -7.82. The van der Waals surface area contributed by atoms with Gasteiger partial charge in [0.2, 0.25) is 0 Å². The molecule has 13 rings (SSSR count). The molecule has 3 aromatic heterocycles. The van der Waals surface area contributed by atoms with Crippen molar-refractivity contribution in [1.29, 1.82) is 0 Å². The zero-order chi connectivity index (χ0) is 37.9. The van der Waals surface area contributed by atoms with E-state index in [1.807, 2.05) is 18.2 Å². The maximum atomic E-state index is 7.07. The molecule has 0 atom stereocenters. The van der Waals surface area contributed by atoms with Crippen LogP contribution in [0.15, 0.2) is 191 Å². The largest absolute Gasteiger partial charge is 0.456 e. The van der Waals surface area contributed by atoms with Crippen LogP contribution >= 0.6 is 0 Å². The van der Waals surface area contributed by atoms with E-state index in [2.05, 4.69) is 164 Å². The molecule has 0 radical (unpaired) electrons. The third-order valence-electron chi connectivity index (χ3n) is 12.0. The highest BCUT2D eigenvalue weighted by Gasteiger charge is 2.23. The molecule has 0 aliphatic heterocycles. The van der Waals surface area contributed by atoms with E-state index in [-0.39, 0.29) is 0 Å². The van der Waals surface area contributed by atoms with E-state index in [9.17, 15) is 0 Å². The van der Waals surface area contributed by atoms with E-state index < -0.39 is 0 Å². The van der Waals surface area contributed by atoms with Crippen LogP contribution in [-0.4, -0.2) is 9.97 Å². The highest BCUT2D eigenvalue weighted by atomic mass is 16.3. The maximum Gasteiger partial charge on any atom is 0.160 e. The summed E-state index contributed by atoms with van der Waals surface area (Å²) in [6.07, 6.45) is 0. The fourth-order valence-corrected chi connectivity index (χ4v) is 9.46. The number of nitrogens with zero attached hydrogens (tertiary/aromatic N) is 2. The number of hydrogen-bond donors (Lipinski definition) is 0. The van der Waals surface area contributed by atoms with Crippen molar-refractivity contribution >= 4 is 97.7 Å². The molecule has 0 aliphatic carbocycles. The third-order valence-corrected chi connectivity index (χ3v) is 12.0. The fourth-order valence-electron chi connectivity index (χ4n) is 9.46. The number of furan rings is 2. The van der Waals surface area contributed by atoms with Gasteiger partial charge in [0.05, 0.1) is 11.4 Å². The van der Waals surface area contributed by atoms with Crippen molar-refractivity contribution in [3.8, 4) is 33.9 Å². The molecule has 4 heteroatoms. The first-order chi connectivity index (χ1) is 28.7. The number of fused-ring (bicyclic) bond motifs is 16. The molecule has 268 valence electrons. The second kappa shape index (κ2) is 11.8. The zero-order valence-corrected chi connectivity index (χ0v) is 31.0. The molecule has 13 aromatic rings. The van der Waals surface area contributed by atoms with E-state index in [0.29, 0.717) is 5.82 Å². The SMILES string of the molecule is c1ccc(-c2nc(-c3ccc4c(c3)oc3ccc5ccccc5c34)cc(-c3c4ccccc4cc4oc5c(ccc6c7ccccc7c7ccccc7c65)c34)n2)cc1. The van der Waals surface area contributed by atoms with Gasteiger partial charge >= 0.3 is 0 Å². The number of hydrogen-bond acceptors (Lipinski definition) is 4. The molecule has 0 N–H and O–H groups in total. The van der Waals surface area contributed by atoms with Gasteiger partial charge in [-0.1, -0.05) is 146 Å². The molecular formula is C54H30N2O2. The molecular weight excluding hydrogens is 709 g/mol. The lowest BCUT2D eigenvalue weighted by atomic mass is 9.91. The van der Waals surface area contributed by atoms with Crippen molar-refractivity contribution in [1.82, 2.24) is 9.97 Å². The van der Waals surface area contributed by atoms with Crippen molar-refractivity contribution in [3.63, 3.8) is 0 Å². The first-order valence-electron chi connectivity index (χ1n) is 19.6. The molecule has 0 fully saturated rings. The minimum absolute atomic E-state index is 0.653. The minimum atomic E-state index is 0.653. The van der Waals surface area contributed by atoms with E-state index in [0.717, 1.165) is 88.1 Å². The van der Waals surface area contributed by atoms with Gasteiger partial charge in [-0.05, 0) is 84.9 Å². The van der Waals surface area contributed by atoms with Gasteiger partial charge in [-0.3, -0.25) is 0 Å². The molecule has 0 saturated carbocycles. The molecule has 0 unspecified atom stereocenters. The summed E-state index contributed by atoms with van der Waals surface area (Å²) < 4.78 is 13.6. The topological polar surface area (TPSA) is 52.1 Å². The average Bonchev–Trinajstić information content (AvgIpc) is 3.86. The van der Waals surface area contributed by atoms with Crippen molar-refractivity contribution in [2.24, 2.45) is 0 Å². The minimum Gasteiger partial charge on any atom is -0.456 e. The van der Waals surface area contributed by atoms with Crippen molar-refractivity contribution in [3.05, 3.63) is 182 Å². The van der Waals surface area contributed by atoms with Crippen LogP contribution in [0.1, 0.15) is 0 Å². The van der Waals surface area contributed by atoms with Gasteiger partial charge in [0, 0.05) is 43.6 Å². The molecule has 0 saturated heterocycles. The van der Waals surface area contributed by atoms with Crippen LogP contribution in [0.25, 0.3) is 132 Å². The van der Waals surface area contributed by atoms with Crippen LogP contribution in [0.2, 0.25) is 0 Å². The highest BCUT2D eigenvalue weighted by Crippen LogP contribution is 2.47. The molecule has 10 aromatic carbocycles. The van der Waals surface area contributed by atoms with Gasteiger partial charge < -0.3 is 8.83 Å². The molecule has 0 amide bonds. The Morgan fingerprint density at radius 3 is 1.74 bits per heavy atom. The van der Waals surface area contributed by atoms with Crippen molar-refractivity contribution in [2.45, 2.75) is 0 Å². The van der Waals surface area contributed by atoms with Gasteiger partial charge in [-0.2, -0.15) is 0 Å². The Morgan fingerprint density at radius 1 is 0.310 bits per heavy atom. The average molecular weight is 739 g/mol.